The fraction of sp³-hybridized carbons (Fsp3) is 0.538. The van der Waals surface area contributed by atoms with Crippen LogP contribution in [-0.2, 0) is 7.05 Å². The molecule has 0 radical (unpaired) electrons. The summed E-state index contributed by atoms with van der Waals surface area (Å²) < 4.78 is 1.71. The number of amides is 1. The molecule has 4 nitrogen and oxygen atoms in total. The highest BCUT2D eigenvalue weighted by molar-refractivity contribution is 5.96. The highest BCUT2D eigenvalue weighted by atomic mass is 16.1. The molecule has 1 N–H and O–H groups in total. The van der Waals surface area contributed by atoms with E-state index in [0.717, 1.165) is 17.8 Å². The Morgan fingerprint density at radius 2 is 2.24 bits per heavy atom. The van der Waals surface area contributed by atoms with Crippen molar-refractivity contribution in [2.75, 3.05) is 0 Å². The lowest BCUT2D eigenvalue weighted by Crippen LogP contribution is -2.34. The van der Waals surface area contributed by atoms with E-state index in [1.54, 1.807) is 4.68 Å². The van der Waals surface area contributed by atoms with Crippen LogP contribution in [0.15, 0.2) is 0 Å². The van der Waals surface area contributed by atoms with Crippen LogP contribution >= 0.6 is 0 Å². The second kappa shape index (κ2) is 5.53. The van der Waals surface area contributed by atoms with Crippen LogP contribution in [0, 0.1) is 26.2 Å². The van der Waals surface area contributed by atoms with Gasteiger partial charge in [-0.3, -0.25) is 9.48 Å². The lowest BCUT2D eigenvalue weighted by atomic mass is 10.1. The molecule has 1 atom stereocenters. The molecular formula is C13H19N3O. The van der Waals surface area contributed by atoms with Gasteiger partial charge in [0.25, 0.3) is 5.91 Å². The number of nitrogens with zero attached hydrogens (tertiary/aromatic N) is 2. The summed E-state index contributed by atoms with van der Waals surface area (Å²) in [6, 6.07) is 0.0338. The second-order valence-electron chi connectivity index (χ2n) is 4.16. The molecule has 0 bridgehead atoms. The average Bonchev–Trinajstić information content (AvgIpc) is 2.52. The zero-order valence-electron chi connectivity index (χ0n) is 10.9. The Hall–Kier alpha value is -1.76. The molecular weight excluding hydrogens is 214 g/mol. The molecule has 92 valence electrons. The molecule has 1 aromatic rings. The van der Waals surface area contributed by atoms with Gasteiger partial charge in [0, 0.05) is 25.2 Å². The van der Waals surface area contributed by atoms with Crippen LogP contribution in [0.4, 0.5) is 0 Å². The number of carbonyl (C=O) groups is 1. The predicted molar refractivity (Wildman–Crippen MR) is 67.7 cm³/mol. The van der Waals surface area contributed by atoms with Crippen LogP contribution < -0.4 is 5.32 Å². The van der Waals surface area contributed by atoms with E-state index in [2.05, 4.69) is 16.3 Å². The number of hydrogen-bond acceptors (Lipinski definition) is 2. The number of aryl methyl sites for hydroxylation is 2. The fourth-order valence-corrected chi connectivity index (χ4v) is 1.80. The number of rotatable bonds is 4. The number of nitrogens with one attached hydrogen (secondary N) is 1. The van der Waals surface area contributed by atoms with Crippen molar-refractivity contribution in [2.24, 2.45) is 7.05 Å². The first-order valence-electron chi connectivity index (χ1n) is 5.75. The van der Waals surface area contributed by atoms with Crippen LogP contribution in [0.3, 0.4) is 0 Å². The monoisotopic (exact) mass is 233 g/mol. The summed E-state index contributed by atoms with van der Waals surface area (Å²) in [5.41, 5.74) is 2.27. The maximum Gasteiger partial charge on any atom is 0.255 e. The van der Waals surface area contributed by atoms with Crippen LogP contribution in [0.2, 0.25) is 0 Å². The van der Waals surface area contributed by atoms with Gasteiger partial charge in [0.2, 0.25) is 0 Å². The fourth-order valence-electron chi connectivity index (χ4n) is 1.80. The maximum absolute atomic E-state index is 12.1. The molecule has 1 heterocycles. The molecule has 0 aliphatic heterocycles. The van der Waals surface area contributed by atoms with Crippen LogP contribution in [0.1, 0.15) is 41.5 Å². The number of hydrogen-bond donors (Lipinski definition) is 1. The molecule has 0 spiro atoms. The zero-order chi connectivity index (χ0) is 13.0. The molecule has 0 aliphatic carbocycles. The van der Waals surface area contributed by atoms with Crippen LogP contribution in [0.5, 0.6) is 0 Å². The molecule has 0 fully saturated rings. The van der Waals surface area contributed by atoms with Crippen molar-refractivity contribution in [3.63, 3.8) is 0 Å². The Kier molecular flexibility index (Phi) is 4.33. The SMILES string of the molecule is C#CCC(CC)NC(=O)c1c(C)nn(C)c1C. The molecule has 0 saturated carbocycles. The van der Waals surface area contributed by atoms with Crippen molar-refractivity contribution in [2.45, 2.75) is 39.7 Å². The smallest absolute Gasteiger partial charge is 0.255 e. The summed E-state index contributed by atoms with van der Waals surface area (Å²) >= 11 is 0. The van der Waals surface area contributed by atoms with Crippen molar-refractivity contribution < 1.29 is 4.79 Å². The Bertz CT molecular complexity index is 454. The predicted octanol–water partition coefficient (Wildman–Crippen LogP) is 1.57. The Labute approximate surface area is 102 Å². The van der Waals surface area contributed by atoms with Gasteiger partial charge in [0.15, 0.2) is 0 Å². The van der Waals surface area contributed by atoms with E-state index >= 15 is 0 Å². The van der Waals surface area contributed by atoms with Gasteiger partial charge in [0.05, 0.1) is 11.3 Å². The highest BCUT2D eigenvalue weighted by Crippen LogP contribution is 2.12. The van der Waals surface area contributed by atoms with Gasteiger partial charge < -0.3 is 5.32 Å². The first kappa shape index (κ1) is 13.3. The van der Waals surface area contributed by atoms with Crippen molar-refractivity contribution in [1.29, 1.82) is 0 Å². The van der Waals surface area contributed by atoms with E-state index in [1.165, 1.54) is 0 Å². The van der Waals surface area contributed by atoms with Crippen LogP contribution in [-0.4, -0.2) is 21.7 Å². The van der Waals surface area contributed by atoms with Gasteiger partial charge in [-0.15, -0.1) is 12.3 Å². The molecule has 4 heteroatoms. The first-order chi connectivity index (χ1) is 8.01. The van der Waals surface area contributed by atoms with E-state index < -0.39 is 0 Å². The van der Waals surface area contributed by atoms with E-state index in [9.17, 15) is 4.79 Å². The Morgan fingerprint density at radius 3 is 2.65 bits per heavy atom. The number of terminal acetylenes is 1. The van der Waals surface area contributed by atoms with Gasteiger partial charge in [0.1, 0.15) is 0 Å². The lowest BCUT2D eigenvalue weighted by molar-refractivity contribution is 0.0935. The highest BCUT2D eigenvalue weighted by Gasteiger charge is 2.19. The molecule has 1 amide bonds. The molecule has 0 saturated heterocycles. The number of aromatic nitrogens is 2. The molecule has 1 unspecified atom stereocenters. The third-order valence-electron chi connectivity index (χ3n) is 2.93. The maximum atomic E-state index is 12.1. The normalized spacial score (nSPS) is 11.9. The summed E-state index contributed by atoms with van der Waals surface area (Å²) in [5.74, 6) is 2.49. The average molecular weight is 233 g/mol. The summed E-state index contributed by atoms with van der Waals surface area (Å²) in [4.78, 5) is 12.1. The summed E-state index contributed by atoms with van der Waals surface area (Å²) in [6.07, 6.45) is 6.65. The van der Waals surface area contributed by atoms with Crippen molar-refractivity contribution in [3.05, 3.63) is 17.0 Å². The summed E-state index contributed by atoms with van der Waals surface area (Å²) in [6.45, 7) is 5.73. The van der Waals surface area contributed by atoms with Gasteiger partial charge in [-0.1, -0.05) is 6.92 Å². The first-order valence-corrected chi connectivity index (χ1v) is 5.75. The largest absolute Gasteiger partial charge is 0.348 e. The molecule has 1 aromatic heterocycles. The third-order valence-corrected chi connectivity index (χ3v) is 2.93. The van der Waals surface area contributed by atoms with Crippen LogP contribution in [0.25, 0.3) is 0 Å². The standard InChI is InChI=1S/C13H19N3O/c1-6-8-11(7-2)14-13(17)12-9(3)15-16(5)10(12)4/h1,11H,7-8H2,2-5H3,(H,14,17). The van der Waals surface area contributed by atoms with E-state index in [0.29, 0.717) is 12.0 Å². The minimum Gasteiger partial charge on any atom is -0.348 e. The van der Waals surface area contributed by atoms with Gasteiger partial charge in [-0.25, -0.2) is 0 Å². The van der Waals surface area contributed by atoms with Gasteiger partial charge >= 0.3 is 0 Å². The van der Waals surface area contributed by atoms with Crippen molar-refractivity contribution in [3.8, 4) is 12.3 Å². The van der Waals surface area contributed by atoms with E-state index in [1.807, 2.05) is 27.8 Å². The van der Waals surface area contributed by atoms with Gasteiger partial charge in [-0.2, -0.15) is 5.10 Å². The Balaban J connectivity index is 2.87. The van der Waals surface area contributed by atoms with E-state index in [-0.39, 0.29) is 11.9 Å². The quantitative estimate of drug-likeness (QED) is 0.802. The van der Waals surface area contributed by atoms with Crippen molar-refractivity contribution in [1.82, 2.24) is 15.1 Å². The van der Waals surface area contributed by atoms with E-state index in [4.69, 9.17) is 6.42 Å². The molecule has 17 heavy (non-hydrogen) atoms. The minimum absolute atomic E-state index is 0.0338. The third kappa shape index (κ3) is 2.88. The molecule has 0 aromatic carbocycles. The minimum atomic E-state index is -0.0878. The summed E-state index contributed by atoms with van der Waals surface area (Å²) in [5, 5.41) is 7.17. The summed E-state index contributed by atoms with van der Waals surface area (Å²) in [7, 11) is 1.83. The second-order valence-corrected chi connectivity index (χ2v) is 4.16. The van der Waals surface area contributed by atoms with Crippen molar-refractivity contribution >= 4 is 5.91 Å². The van der Waals surface area contributed by atoms with Gasteiger partial charge in [-0.05, 0) is 20.3 Å². The topological polar surface area (TPSA) is 46.9 Å². The lowest BCUT2D eigenvalue weighted by Gasteiger charge is -2.14. The molecule has 0 aliphatic rings. The Morgan fingerprint density at radius 1 is 1.59 bits per heavy atom. The molecule has 1 rings (SSSR count). The zero-order valence-corrected chi connectivity index (χ0v) is 10.9. The number of carbonyl (C=O) groups excluding carboxylic acids is 1.